The first kappa shape index (κ1) is 16.4. The summed E-state index contributed by atoms with van der Waals surface area (Å²) in [6.07, 6.45) is 1.11. The lowest BCUT2D eigenvalue weighted by Gasteiger charge is -2.34. The quantitative estimate of drug-likeness (QED) is 0.906. The fourth-order valence-corrected chi connectivity index (χ4v) is 4.40. The molecule has 128 valence electrons. The predicted octanol–water partition coefficient (Wildman–Crippen LogP) is 1.41. The maximum Gasteiger partial charge on any atom is 0.266 e. The Morgan fingerprint density at radius 1 is 1.33 bits per heavy atom. The van der Waals surface area contributed by atoms with Crippen molar-refractivity contribution < 1.29 is 17.9 Å². The van der Waals surface area contributed by atoms with Gasteiger partial charge >= 0.3 is 0 Å². The van der Waals surface area contributed by atoms with Gasteiger partial charge in [-0.15, -0.1) is 0 Å². The SMILES string of the molecule is Cc1ccc2c(c1)N(S(=O)(=O)c1cc(C(N)=O)n(C)c1)CC(C)O2. The Bertz CT molecular complexity index is 917. The average Bonchev–Trinajstić information content (AvgIpc) is 2.90. The van der Waals surface area contributed by atoms with Gasteiger partial charge in [0.25, 0.3) is 15.9 Å². The zero-order chi connectivity index (χ0) is 17.6. The lowest BCUT2D eigenvalue weighted by atomic mass is 10.2. The second kappa shape index (κ2) is 5.55. The Morgan fingerprint density at radius 3 is 2.67 bits per heavy atom. The third-order valence-corrected chi connectivity index (χ3v) is 5.70. The highest BCUT2D eigenvalue weighted by atomic mass is 32.2. The molecule has 0 saturated heterocycles. The Balaban J connectivity index is 2.12. The van der Waals surface area contributed by atoms with Crippen molar-refractivity contribution in [3.8, 4) is 5.75 Å². The Hall–Kier alpha value is -2.48. The van der Waals surface area contributed by atoms with Crippen LogP contribution in [0, 0.1) is 6.92 Å². The lowest BCUT2D eigenvalue weighted by Crippen LogP contribution is -2.42. The van der Waals surface area contributed by atoms with Crippen LogP contribution >= 0.6 is 0 Å². The fourth-order valence-electron chi connectivity index (χ4n) is 2.78. The van der Waals surface area contributed by atoms with Crippen molar-refractivity contribution in [3.63, 3.8) is 0 Å². The van der Waals surface area contributed by atoms with Gasteiger partial charge in [0, 0.05) is 13.2 Å². The Morgan fingerprint density at radius 2 is 2.04 bits per heavy atom. The van der Waals surface area contributed by atoms with E-state index in [2.05, 4.69) is 0 Å². The standard InChI is InChI=1S/C16H19N3O4S/c1-10-4-5-15-13(6-10)19(8-11(2)23-15)24(21,22)12-7-14(16(17)20)18(3)9-12/h4-7,9,11H,8H2,1-3H3,(H2,17,20). The number of fused-ring (bicyclic) bond motifs is 1. The van der Waals surface area contributed by atoms with Crippen LogP contribution < -0.4 is 14.8 Å². The molecule has 1 aliphatic heterocycles. The second-order valence-electron chi connectivity index (χ2n) is 5.97. The van der Waals surface area contributed by atoms with Gasteiger partial charge in [0.1, 0.15) is 22.4 Å². The number of sulfonamides is 1. The summed E-state index contributed by atoms with van der Waals surface area (Å²) in [6, 6.07) is 6.71. The zero-order valence-electron chi connectivity index (χ0n) is 13.7. The molecule has 7 nitrogen and oxygen atoms in total. The monoisotopic (exact) mass is 349 g/mol. The molecule has 24 heavy (non-hydrogen) atoms. The molecule has 0 saturated carbocycles. The van der Waals surface area contributed by atoms with Gasteiger partial charge in [0.05, 0.1) is 12.2 Å². The van der Waals surface area contributed by atoms with E-state index < -0.39 is 15.9 Å². The highest BCUT2D eigenvalue weighted by Crippen LogP contribution is 2.37. The Labute approximate surface area is 140 Å². The van der Waals surface area contributed by atoms with E-state index in [-0.39, 0.29) is 23.2 Å². The van der Waals surface area contributed by atoms with Gasteiger partial charge in [0.2, 0.25) is 0 Å². The van der Waals surface area contributed by atoms with Gasteiger partial charge in [0.15, 0.2) is 0 Å². The van der Waals surface area contributed by atoms with Crippen molar-refractivity contribution in [2.24, 2.45) is 12.8 Å². The summed E-state index contributed by atoms with van der Waals surface area (Å²) in [5, 5.41) is 0. The molecular weight excluding hydrogens is 330 g/mol. The molecule has 3 rings (SSSR count). The molecular formula is C16H19N3O4S. The number of rotatable bonds is 3. The smallest absolute Gasteiger partial charge is 0.266 e. The molecule has 1 aromatic heterocycles. The van der Waals surface area contributed by atoms with Gasteiger partial charge in [-0.3, -0.25) is 9.10 Å². The second-order valence-corrected chi connectivity index (χ2v) is 7.83. The third-order valence-electron chi connectivity index (χ3n) is 3.95. The molecule has 2 aromatic rings. The molecule has 8 heteroatoms. The summed E-state index contributed by atoms with van der Waals surface area (Å²) in [4.78, 5) is 11.4. The number of hydrogen-bond acceptors (Lipinski definition) is 4. The average molecular weight is 349 g/mol. The normalized spacial score (nSPS) is 17.3. The molecule has 0 aliphatic carbocycles. The Kier molecular flexibility index (Phi) is 3.79. The van der Waals surface area contributed by atoms with E-state index in [1.807, 2.05) is 19.9 Å². The number of aromatic nitrogens is 1. The van der Waals surface area contributed by atoms with E-state index in [9.17, 15) is 13.2 Å². The highest BCUT2D eigenvalue weighted by Gasteiger charge is 2.34. The van der Waals surface area contributed by atoms with Crippen molar-refractivity contribution in [2.45, 2.75) is 24.8 Å². The zero-order valence-corrected chi connectivity index (χ0v) is 14.5. The molecule has 1 amide bonds. The van der Waals surface area contributed by atoms with E-state index in [1.165, 1.54) is 21.1 Å². The number of nitrogens with two attached hydrogens (primary N) is 1. The van der Waals surface area contributed by atoms with Crippen molar-refractivity contribution in [1.29, 1.82) is 0 Å². The van der Waals surface area contributed by atoms with Gasteiger partial charge in [-0.05, 0) is 37.6 Å². The summed E-state index contributed by atoms with van der Waals surface area (Å²) in [5.74, 6) is -0.153. The van der Waals surface area contributed by atoms with Crippen LogP contribution in [0.1, 0.15) is 23.0 Å². The van der Waals surface area contributed by atoms with Crippen LogP contribution in [0.5, 0.6) is 5.75 Å². The van der Waals surface area contributed by atoms with E-state index in [1.54, 1.807) is 19.2 Å². The molecule has 1 aliphatic rings. The topological polar surface area (TPSA) is 94.6 Å². The number of ether oxygens (including phenoxy) is 1. The summed E-state index contributed by atoms with van der Waals surface area (Å²) >= 11 is 0. The van der Waals surface area contributed by atoms with Crippen LogP contribution in [0.3, 0.4) is 0 Å². The molecule has 1 atom stereocenters. The first-order valence-electron chi connectivity index (χ1n) is 7.46. The lowest BCUT2D eigenvalue weighted by molar-refractivity contribution is 0.0992. The molecule has 2 N–H and O–H groups in total. The number of nitrogens with zero attached hydrogens (tertiary/aromatic N) is 2. The first-order valence-corrected chi connectivity index (χ1v) is 8.90. The van der Waals surface area contributed by atoms with Crippen molar-refractivity contribution >= 4 is 21.6 Å². The van der Waals surface area contributed by atoms with Crippen LogP contribution in [0.4, 0.5) is 5.69 Å². The van der Waals surface area contributed by atoms with Crippen molar-refractivity contribution in [1.82, 2.24) is 4.57 Å². The molecule has 1 aromatic carbocycles. The van der Waals surface area contributed by atoms with Crippen LogP contribution in [0.25, 0.3) is 0 Å². The minimum atomic E-state index is -3.84. The highest BCUT2D eigenvalue weighted by molar-refractivity contribution is 7.92. The molecule has 1 unspecified atom stereocenters. The largest absolute Gasteiger partial charge is 0.487 e. The van der Waals surface area contributed by atoms with E-state index in [0.29, 0.717) is 11.4 Å². The summed E-state index contributed by atoms with van der Waals surface area (Å²) < 4.78 is 34.7. The van der Waals surface area contributed by atoms with Crippen molar-refractivity contribution in [2.75, 3.05) is 10.8 Å². The van der Waals surface area contributed by atoms with Crippen LogP contribution in [0.2, 0.25) is 0 Å². The minimum absolute atomic E-state index is 0.0281. The molecule has 0 radical (unpaired) electrons. The number of anilines is 1. The maximum absolute atomic E-state index is 13.1. The van der Waals surface area contributed by atoms with E-state index in [0.717, 1.165) is 5.56 Å². The minimum Gasteiger partial charge on any atom is -0.487 e. The van der Waals surface area contributed by atoms with Crippen LogP contribution in [0.15, 0.2) is 35.4 Å². The van der Waals surface area contributed by atoms with E-state index >= 15 is 0 Å². The molecule has 2 heterocycles. The summed E-state index contributed by atoms with van der Waals surface area (Å²) in [5.41, 5.74) is 6.84. The number of amides is 1. The van der Waals surface area contributed by atoms with Crippen LogP contribution in [-0.2, 0) is 17.1 Å². The number of carbonyl (C=O) groups is 1. The summed E-state index contributed by atoms with van der Waals surface area (Å²) in [7, 11) is -2.25. The number of carbonyl (C=O) groups excluding carboxylic acids is 1. The third kappa shape index (κ3) is 2.62. The summed E-state index contributed by atoms with van der Waals surface area (Å²) in [6.45, 7) is 3.89. The molecule has 0 spiro atoms. The predicted molar refractivity (Wildman–Crippen MR) is 89.7 cm³/mol. The van der Waals surface area contributed by atoms with Crippen LogP contribution in [-0.4, -0.2) is 31.5 Å². The number of aryl methyl sites for hydroxylation is 2. The van der Waals surface area contributed by atoms with Crippen molar-refractivity contribution in [3.05, 3.63) is 41.7 Å². The molecule has 0 fully saturated rings. The number of primary amides is 1. The number of benzene rings is 1. The van der Waals surface area contributed by atoms with Gasteiger partial charge < -0.3 is 15.0 Å². The van der Waals surface area contributed by atoms with Gasteiger partial charge in [-0.2, -0.15) is 0 Å². The maximum atomic E-state index is 13.1. The van der Waals surface area contributed by atoms with E-state index in [4.69, 9.17) is 10.5 Å². The number of hydrogen-bond donors (Lipinski definition) is 1. The first-order chi connectivity index (χ1) is 11.2. The van der Waals surface area contributed by atoms with Gasteiger partial charge in [-0.25, -0.2) is 8.42 Å². The van der Waals surface area contributed by atoms with Gasteiger partial charge in [-0.1, -0.05) is 6.07 Å². The molecule has 0 bridgehead atoms. The fraction of sp³-hybridized carbons (Fsp3) is 0.312.